The van der Waals surface area contributed by atoms with Gasteiger partial charge in [-0.05, 0) is 27.4 Å². The summed E-state index contributed by atoms with van der Waals surface area (Å²) in [6.45, 7) is 8.49. The number of nitrogen functional groups attached to an aromatic ring is 1. The van der Waals surface area contributed by atoms with Crippen LogP contribution in [0.2, 0.25) is 0 Å². The summed E-state index contributed by atoms with van der Waals surface area (Å²) in [6.07, 6.45) is 0. The van der Waals surface area contributed by atoms with Crippen LogP contribution in [0.4, 0.5) is 5.69 Å². The van der Waals surface area contributed by atoms with Gasteiger partial charge < -0.3 is 16.0 Å². The molecule has 0 radical (unpaired) electrons. The largest absolute Gasteiger partial charge is 0.396 e. The van der Waals surface area contributed by atoms with Crippen LogP contribution in [0.25, 0.3) is 0 Å². The van der Waals surface area contributed by atoms with Gasteiger partial charge in [0.15, 0.2) is 0 Å². The maximum atomic E-state index is 11.7. The number of nitrogens with two attached hydrogens (primary N) is 1. The van der Waals surface area contributed by atoms with Crippen molar-refractivity contribution in [2.24, 2.45) is 0 Å². The van der Waals surface area contributed by atoms with Gasteiger partial charge in [-0.2, -0.15) is 5.10 Å². The molecule has 0 bridgehead atoms. The highest BCUT2D eigenvalue weighted by Gasteiger charge is 2.11. The first kappa shape index (κ1) is 14.5. The van der Waals surface area contributed by atoms with Crippen LogP contribution in [-0.4, -0.2) is 47.3 Å². The molecule has 0 spiro atoms. The van der Waals surface area contributed by atoms with Gasteiger partial charge in [0.1, 0.15) is 6.54 Å². The Bertz CT molecular complexity index is 413. The molecule has 0 aromatic carbocycles. The highest BCUT2D eigenvalue weighted by molar-refractivity contribution is 5.75. The van der Waals surface area contributed by atoms with Crippen molar-refractivity contribution in [2.75, 3.05) is 32.4 Å². The van der Waals surface area contributed by atoms with Crippen LogP contribution in [0.1, 0.15) is 18.3 Å². The zero-order chi connectivity index (χ0) is 13.7. The molecular formula is C12H23N5O. The number of carbonyl (C=O) groups is 1. The molecule has 3 N–H and O–H groups in total. The SMILES string of the molecule is CCN(C)CCNC(=O)Cn1nc(C)c(N)c1C. The van der Waals surface area contributed by atoms with Crippen molar-refractivity contribution < 1.29 is 4.79 Å². The molecule has 1 aromatic heterocycles. The van der Waals surface area contributed by atoms with Crippen molar-refractivity contribution in [3.63, 3.8) is 0 Å². The van der Waals surface area contributed by atoms with Gasteiger partial charge in [-0.3, -0.25) is 9.48 Å². The molecule has 0 aliphatic carbocycles. The summed E-state index contributed by atoms with van der Waals surface area (Å²) in [7, 11) is 2.02. The van der Waals surface area contributed by atoms with E-state index < -0.39 is 0 Å². The maximum absolute atomic E-state index is 11.7. The summed E-state index contributed by atoms with van der Waals surface area (Å²) in [4.78, 5) is 13.9. The van der Waals surface area contributed by atoms with Crippen LogP contribution in [-0.2, 0) is 11.3 Å². The fourth-order valence-corrected chi connectivity index (χ4v) is 1.60. The van der Waals surface area contributed by atoms with Crippen molar-refractivity contribution in [2.45, 2.75) is 27.3 Å². The fourth-order valence-electron chi connectivity index (χ4n) is 1.60. The van der Waals surface area contributed by atoms with Gasteiger partial charge in [0.05, 0.1) is 17.1 Å². The standard InChI is InChI=1S/C12H23N5O/c1-5-16(4)7-6-14-11(18)8-17-10(3)12(13)9(2)15-17/h5-8,13H2,1-4H3,(H,14,18). The summed E-state index contributed by atoms with van der Waals surface area (Å²) >= 11 is 0. The predicted octanol–water partition coefficient (Wildman–Crippen LogP) is 0.150. The van der Waals surface area contributed by atoms with E-state index in [1.54, 1.807) is 4.68 Å². The topological polar surface area (TPSA) is 76.2 Å². The highest BCUT2D eigenvalue weighted by atomic mass is 16.2. The van der Waals surface area contributed by atoms with Crippen LogP contribution in [0.3, 0.4) is 0 Å². The molecule has 0 atom stereocenters. The van der Waals surface area contributed by atoms with Gasteiger partial charge in [0.25, 0.3) is 0 Å². The Kier molecular flexibility index (Phi) is 5.15. The Balaban J connectivity index is 2.43. The van der Waals surface area contributed by atoms with Crippen molar-refractivity contribution in [3.8, 4) is 0 Å². The molecule has 102 valence electrons. The average molecular weight is 253 g/mol. The summed E-state index contributed by atoms with van der Waals surface area (Å²) < 4.78 is 1.64. The van der Waals surface area contributed by atoms with Gasteiger partial charge >= 0.3 is 0 Å². The van der Waals surface area contributed by atoms with Crippen molar-refractivity contribution in [1.29, 1.82) is 0 Å². The van der Waals surface area contributed by atoms with Crippen LogP contribution in [0, 0.1) is 13.8 Å². The third kappa shape index (κ3) is 3.73. The average Bonchev–Trinajstić information content (AvgIpc) is 2.56. The molecule has 0 fully saturated rings. The number of aryl methyl sites for hydroxylation is 1. The molecular weight excluding hydrogens is 230 g/mol. The minimum absolute atomic E-state index is 0.0369. The summed E-state index contributed by atoms with van der Waals surface area (Å²) in [5.74, 6) is -0.0369. The maximum Gasteiger partial charge on any atom is 0.241 e. The molecule has 0 saturated heterocycles. The van der Waals surface area contributed by atoms with E-state index in [4.69, 9.17) is 5.73 Å². The summed E-state index contributed by atoms with van der Waals surface area (Å²) in [5.41, 5.74) is 8.09. The van der Waals surface area contributed by atoms with Crippen LogP contribution in [0.15, 0.2) is 0 Å². The molecule has 6 nitrogen and oxygen atoms in total. The van der Waals surface area contributed by atoms with Crippen LogP contribution >= 0.6 is 0 Å². The first-order valence-corrected chi connectivity index (χ1v) is 6.20. The first-order chi connectivity index (χ1) is 8.45. The Morgan fingerprint density at radius 3 is 2.67 bits per heavy atom. The molecule has 0 unspecified atom stereocenters. The Labute approximate surface area is 108 Å². The number of anilines is 1. The van der Waals surface area contributed by atoms with E-state index in [1.807, 2.05) is 20.9 Å². The lowest BCUT2D eigenvalue weighted by molar-refractivity contribution is -0.121. The van der Waals surface area contributed by atoms with Gasteiger partial charge in [0, 0.05) is 13.1 Å². The second kappa shape index (κ2) is 6.39. The number of nitrogens with one attached hydrogen (secondary N) is 1. The number of rotatable bonds is 6. The number of likely N-dealkylation sites (N-methyl/N-ethyl adjacent to an activating group) is 1. The molecule has 0 aliphatic rings. The minimum Gasteiger partial charge on any atom is -0.396 e. The lowest BCUT2D eigenvalue weighted by Gasteiger charge is -2.14. The lowest BCUT2D eigenvalue weighted by Crippen LogP contribution is -2.35. The Morgan fingerprint density at radius 2 is 2.17 bits per heavy atom. The van der Waals surface area contributed by atoms with Gasteiger partial charge in [-0.15, -0.1) is 0 Å². The van der Waals surface area contributed by atoms with Crippen molar-refractivity contribution in [3.05, 3.63) is 11.4 Å². The van der Waals surface area contributed by atoms with Crippen LogP contribution < -0.4 is 11.1 Å². The number of nitrogens with zero attached hydrogens (tertiary/aromatic N) is 3. The van der Waals surface area contributed by atoms with Crippen LogP contribution in [0.5, 0.6) is 0 Å². The molecule has 0 aliphatic heterocycles. The van der Waals surface area contributed by atoms with E-state index in [0.717, 1.165) is 24.5 Å². The quantitative estimate of drug-likeness (QED) is 0.756. The van der Waals surface area contributed by atoms with E-state index in [9.17, 15) is 4.79 Å². The van der Waals surface area contributed by atoms with E-state index in [0.29, 0.717) is 12.2 Å². The summed E-state index contributed by atoms with van der Waals surface area (Å²) in [6, 6.07) is 0. The minimum atomic E-state index is -0.0369. The molecule has 1 heterocycles. The van der Waals surface area contributed by atoms with Crippen molar-refractivity contribution in [1.82, 2.24) is 20.0 Å². The van der Waals surface area contributed by atoms with Gasteiger partial charge in [-0.25, -0.2) is 0 Å². The second-order valence-corrected chi connectivity index (χ2v) is 4.49. The first-order valence-electron chi connectivity index (χ1n) is 6.20. The fraction of sp³-hybridized carbons (Fsp3) is 0.667. The van der Waals surface area contributed by atoms with E-state index in [-0.39, 0.29) is 12.5 Å². The summed E-state index contributed by atoms with van der Waals surface area (Å²) in [5, 5.41) is 7.10. The number of aromatic nitrogens is 2. The predicted molar refractivity (Wildman–Crippen MR) is 72.3 cm³/mol. The third-order valence-corrected chi connectivity index (χ3v) is 3.09. The smallest absolute Gasteiger partial charge is 0.241 e. The lowest BCUT2D eigenvalue weighted by atomic mass is 10.3. The molecule has 1 amide bonds. The monoisotopic (exact) mass is 253 g/mol. The molecule has 1 aromatic rings. The zero-order valence-electron chi connectivity index (χ0n) is 11.7. The number of amides is 1. The molecule has 6 heteroatoms. The zero-order valence-corrected chi connectivity index (χ0v) is 11.7. The van der Waals surface area contributed by atoms with E-state index in [1.165, 1.54) is 0 Å². The van der Waals surface area contributed by atoms with Gasteiger partial charge in [0.2, 0.25) is 5.91 Å². The van der Waals surface area contributed by atoms with E-state index in [2.05, 4.69) is 22.2 Å². The van der Waals surface area contributed by atoms with Gasteiger partial charge in [-0.1, -0.05) is 6.92 Å². The third-order valence-electron chi connectivity index (χ3n) is 3.09. The normalized spacial score (nSPS) is 10.9. The molecule has 1 rings (SSSR count). The van der Waals surface area contributed by atoms with Crippen molar-refractivity contribution >= 4 is 11.6 Å². The number of hydrogen-bond donors (Lipinski definition) is 2. The van der Waals surface area contributed by atoms with E-state index >= 15 is 0 Å². The Morgan fingerprint density at radius 1 is 1.50 bits per heavy atom. The number of carbonyl (C=O) groups excluding carboxylic acids is 1. The molecule has 18 heavy (non-hydrogen) atoms. The highest BCUT2D eigenvalue weighted by Crippen LogP contribution is 2.14. The molecule has 0 saturated carbocycles. The Hall–Kier alpha value is -1.56. The number of hydrogen-bond acceptors (Lipinski definition) is 4. The second-order valence-electron chi connectivity index (χ2n) is 4.49.